The third-order valence-corrected chi connectivity index (χ3v) is 5.37. The summed E-state index contributed by atoms with van der Waals surface area (Å²) >= 11 is 0. The number of benzene rings is 2. The summed E-state index contributed by atoms with van der Waals surface area (Å²) in [7, 11) is 0. The molecule has 2 aromatic carbocycles. The van der Waals surface area contributed by atoms with Gasteiger partial charge in [0.2, 0.25) is 0 Å². The molecule has 32 heavy (non-hydrogen) atoms. The summed E-state index contributed by atoms with van der Waals surface area (Å²) in [6.07, 6.45) is 0.161. The first-order valence-electron chi connectivity index (χ1n) is 9.72. The maximum Gasteiger partial charge on any atom is 0.416 e. The highest BCUT2D eigenvalue weighted by atomic mass is 19.4. The molecule has 0 aliphatic heterocycles. The standard InChI is InChI=1S/C23H15F4N5/c1-13(16-9-15-3-2-8-28-20(15)18(24)10-16)32-12-30-21-22(32)31-19(11-29-21)14-4-6-17(7-5-14)23(25,26)27/h2-13H,1H3. The SMILES string of the molecule is CC(c1cc(F)c2ncccc2c1)n1cnc2ncc(-c3ccc(C(F)(F)F)cc3)nc21. The molecule has 0 saturated heterocycles. The zero-order valence-electron chi connectivity index (χ0n) is 16.7. The van der Waals surface area contributed by atoms with Crippen molar-refractivity contribution in [1.82, 2.24) is 24.5 Å². The Labute approximate surface area is 179 Å². The van der Waals surface area contributed by atoms with Crippen molar-refractivity contribution < 1.29 is 17.6 Å². The van der Waals surface area contributed by atoms with Crippen molar-refractivity contribution in [2.45, 2.75) is 19.1 Å². The van der Waals surface area contributed by atoms with Crippen molar-refractivity contribution in [3.05, 3.63) is 84.2 Å². The Morgan fingerprint density at radius 3 is 2.50 bits per heavy atom. The molecule has 0 fully saturated rings. The van der Waals surface area contributed by atoms with E-state index in [1.54, 1.807) is 23.0 Å². The number of halogens is 4. The normalized spacial score (nSPS) is 13.0. The molecule has 9 heteroatoms. The molecule has 3 heterocycles. The van der Waals surface area contributed by atoms with E-state index in [1.165, 1.54) is 30.6 Å². The van der Waals surface area contributed by atoms with Gasteiger partial charge in [0.25, 0.3) is 0 Å². The molecular formula is C23H15F4N5. The van der Waals surface area contributed by atoms with Gasteiger partial charge in [-0.2, -0.15) is 13.2 Å². The van der Waals surface area contributed by atoms with E-state index in [2.05, 4.69) is 19.9 Å². The van der Waals surface area contributed by atoms with Crippen LogP contribution in [0.15, 0.2) is 67.3 Å². The molecule has 0 N–H and O–H groups in total. The van der Waals surface area contributed by atoms with Gasteiger partial charge in [-0.05, 0) is 42.8 Å². The van der Waals surface area contributed by atoms with Crippen molar-refractivity contribution >= 4 is 22.2 Å². The van der Waals surface area contributed by atoms with Crippen molar-refractivity contribution in [3.8, 4) is 11.3 Å². The quantitative estimate of drug-likeness (QED) is 0.334. The molecule has 1 atom stereocenters. The van der Waals surface area contributed by atoms with E-state index in [0.717, 1.165) is 12.1 Å². The van der Waals surface area contributed by atoms with Crippen LogP contribution in [-0.4, -0.2) is 24.5 Å². The molecule has 5 rings (SSSR count). The van der Waals surface area contributed by atoms with Crippen LogP contribution in [0.2, 0.25) is 0 Å². The molecule has 0 radical (unpaired) electrons. The predicted octanol–water partition coefficient (Wildman–Crippen LogP) is 5.81. The van der Waals surface area contributed by atoms with Crippen molar-refractivity contribution in [2.24, 2.45) is 0 Å². The lowest BCUT2D eigenvalue weighted by molar-refractivity contribution is -0.137. The second kappa shape index (κ2) is 7.37. The molecule has 3 aromatic heterocycles. The molecule has 0 amide bonds. The lowest BCUT2D eigenvalue weighted by Crippen LogP contribution is -2.07. The Kier molecular flexibility index (Phi) is 4.61. The number of alkyl halides is 3. The zero-order chi connectivity index (χ0) is 22.5. The summed E-state index contributed by atoms with van der Waals surface area (Å²) in [6, 6.07) is 11.2. The molecule has 1 unspecified atom stereocenters. The second-order valence-electron chi connectivity index (χ2n) is 7.38. The van der Waals surface area contributed by atoms with Gasteiger partial charge in [-0.1, -0.05) is 18.2 Å². The smallest absolute Gasteiger partial charge is 0.307 e. The lowest BCUT2D eigenvalue weighted by Gasteiger charge is -2.15. The van der Waals surface area contributed by atoms with Crippen molar-refractivity contribution in [2.75, 3.05) is 0 Å². The van der Waals surface area contributed by atoms with E-state index in [1.807, 2.05) is 13.0 Å². The van der Waals surface area contributed by atoms with Gasteiger partial charge >= 0.3 is 6.18 Å². The van der Waals surface area contributed by atoms with E-state index in [-0.39, 0.29) is 6.04 Å². The van der Waals surface area contributed by atoms with E-state index in [0.29, 0.717) is 39.0 Å². The highest BCUT2D eigenvalue weighted by Crippen LogP contribution is 2.31. The van der Waals surface area contributed by atoms with E-state index in [4.69, 9.17) is 0 Å². The lowest BCUT2D eigenvalue weighted by atomic mass is 10.0. The summed E-state index contributed by atoms with van der Waals surface area (Å²) < 4.78 is 54.9. The van der Waals surface area contributed by atoms with E-state index in [9.17, 15) is 17.6 Å². The van der Waals surface area contributed by atoms with Gasteiger partial charge in [0.15, 0.2) is 11.3 Å². The zero-order valence-corrected chi connectivity index (χ0v) is 16.7. The minimum Gasteiger partial charge on any atom is -0.307 e. The van der Waals surface area contributed by atoms with Crippen LogP contribution in [0.4, 0.5) is 17.6 Å². The number of hydrogen-bond donors (Lipinski definition) is 0. The summed E-state index contributed by atoms with van der Waals surface area (Å²) in [4.78, 5) is 17.2. The first-order valence-corrected chi connectivity index (χ1v) is 9.72. The predicted molar refractivity (Wildman–Crippen MR) is 111 cm³/mol. The first-order chi connectivity index (χ1) is 15.3. The fourth-order valence-corrected chi connectivity index (χ4v) is 3.63. The van der Waals surface area contributed by atoms with Crippen LogP contribution in [0.1, 0.15) is 24.1 Å². The molecule has 0 bridgehead atoms. The van der Waals surface area contributed by atoms with Crippen LogP contribution in [0.25, 0.3) is 33.5 Å². The van der Waals surface area contributed by atoms with Gasteiger partial charge in [0, 0.05) is 17.1 Å². The van der Waals surface area contributed by atoms with E-state index < -0.39 is 17.6 Å². The monoisotopic (exact) mass is 437 g/mol. The Morgan fingerprint density at radius 1 is 0.969 bits per heavy atom. The maximum atomic E-state index is 14.6. The molecule has 0 aliphatic rings. The molecule has 5 aromatic rings. The Morgan fingerprint density at radius 2 is 1.75 bits per heavy atom. The third-order valence-electron chi connectivity index (χ3n) is 5.37. The largest absolute Gasteiger partial charge is 0.416 e. The van der Waals surface area contributed by atoms with Gasteiger partial charge in [-0.25, -0.2) is 19.3 Å². The van der Waals surface area contributed by atoms with Crippen LogP contribution in [0.3, 0.4) is 0 Å². The fourth-order valence-electron chi connectivity index (χ4n) is 3.63. The van der Waals surface area contributed by atoms with Crippen molar-refractivity contribution in [1.29, 1.82) is 0 Å². The second-order valence-corrected chi connectivity index (χ2v) is 7.38. The molecule has 0 aliphatic carbocycles. The number of aromatic nitrogens is 5. The first kappa shape index (κ1) is 20.0. The molecule has 0 saturated carbocycles. The number of rotatable bonds is 3. The highest BCUT2D eigenvalue weighted by Gasteiger charge is 2.30. The van der Waals surface area contributed by atoms with Crippen molar-refractivity contribution in [3.63, 3.8) is 0 Å². The highest BCUT2D eigenvalue weighted by molar-refractivity contribution is 5.80. The fraction of sp³-hybridized carbons (Fsp3) is 0.130. The average Bonchev–Trinajstić information content (AvgIpc) is 3.21. The molecular weight excluding hydrogens is 422 g/mol. The average molecular weight is 437 g/mol. The summed E-state index contributed by atoms with van der Waals surface area (Å²) in [5, 5.41) is 0.676. The third kappa shape index (κ3) is 3.45. The van der Waals surface area contributed by atoms with Gasteiger partial charge in [-0.3, -0.25) is 4.98 Å². The van der Waals surface area contributed by atoms with Gasteiger partial charge in [0.05, 0.1) is 29.8 Å². The topological polar surface area (TPSA) is 56.5 Å². The van der Waals surface area contributed by atoms with Gasteiger partial charge < -0.3 is 4.57 Å². The Hall–Kier alpha value is -3.88. The van der Waals surface area contributed by atoms with Crippen LogP contribution >= 0.6 is 0 Å². The number of fused-ring (bicyclic) bond motifs is 2. The minimum atomic E-state index is -4.41. The van der Waals surface area contributed by atoms with Crippen LogP contribution < -0.4 is 0 Å². The number of imidazole rings is 1. The van der Waals surface area contributed by atoms with Crippen LogP contribution in [-0.2, 0) is 6.18 Å². The molecule has 0 spiro atoms. The van der Waals surface area contributed by atoms with E-state index >= 15 is 0 Å². The molecule has 160 valence electrons. The number of hydrogen-bond acceptors (Lipinski definition) is 4. The van der Waals surface area contributed by atoms with Gasteiger partial charge in [-0.15, -0.1) is 0 Å². The minimum absolute atomic E-state index is 0.295. The van der Waals surface area contributed by atoms with Gasteiger partial charge in [0.1, 0.15) is 11.3 Å². The summed E-state index contributed by atoms with van der Waals surface area (Å²) in [6.45, 7) is 1.88. The van der Waals surface area contributed by atoms with Crippen LogP contribution in [0, 0.1) is 5.82 Å². The Balaban J connectivity index is 1.56. The maximum absolute atomic E-state index is 14.6. The number of nitrogens with zero attached hydrogens (tertiary/aromatic N) is 5. The molecule has 5 nitrogen and oxygen atoms in total. The van der Waals surface area contributed by atoms with Crippen LogP contribution in [0.5, 0.6) is 0 Å². The summed E-state index contributed by atoms with van der Waals surface area (Å²) in [5.74, 6) is -0.425. The summed E-state index contributed by atoms with van der Waals surface area (Å²) in [5.41, 5.74) is 2.00. The number of pyridine rings is 1. The Bertz CT molecular complexity index is 1440.